The van der Waals surface area contributed by atoms with E-state index in [1.165, 1.54) is 16.3 Å². The van der Waals surface area contributed by atoms with Gasteiger partial charge in [-0.05, 0) is 35.4 Å². The van der Waals surface area contributed by atoms with Crippen molar-refractivity contribution in [3.63, 3.8) is 0 Å². The van der Waals surface area contributed by atoms with Gasteiger partial charge in [0, 0.05) is 11.5 Å². The first kappa shape index (κ1) is 14.9. The van der Waals surface area contributed by atoms with E-state index < -0.39 is 0 Å². The van der Waals surface area contributed by atoms with E-state index in [4.69, 9.17) is 4.74 Å². The third-order valence-corrected chi connectivity index (χ3v) is 4.98. The van der Waals surface area contributed by atoms with Gasteiger partial charge in [-0.25, -0.2) is 0 Å². The van der Waals surface area contributed by atoms with Gasteiger partial charge in [0.15, 0.2) is 0 Å². The van der Waals surface area contributed by atoms with Gasteiger partial charge in [0.25, 0.3) is 0 Å². The van der Waals surface area contributed by atoms with Crippen LogP contribution >= 0.6 is 11.8 Å². The minimum absolute atomic E-state index is 0.275. The highest BCUT2D eigenvalue weighted by atomic mass is 32.2. The van der Waals surface area contributed by atoms with Gasteiger partial charge in [-0.2, -0.15) is 11.8 Å². The minimum atomic E-state index is 0.275. The molecule has 2 unspecified atom stereocenters. The lowest BCUT2D eigenvalue weighted by atomic mass is 9.98. The Morgan fingerprint density at radius 2 is 2.10 bits per heavy atom. The second-order valence-electron chi connectivity index (χ2n) is 5.52. The van der Waals surface area contributed by atoms with E-state index in [1.54, 1.807) is 0 Å². The standard InChI is InChI=1S/C18H23NOS/c1-2-9-19-18(17-13-21-11-10-20-17)16-8-7-14-5-3-4-6-15(14)12-16/h3-8,12,17-19H,2,9-11,13H2,1H3. The summed E-state index contributed by atoms with van der Waals surface area (Å²) in [7, 11) is 0. The molecule has 1 aliphatic rings. The fourth-order valence-corrected chi connectivity index (χ4v) is 3.77. The molecule has 2 aromatic carbocycles. The van der Waals surface area contributed by atoms with Crippen LogP contribution in [0.4, 0.5) is 0 Å². The fourth-order valence-electron chi connectivity index (χ4n) is 2.86. The molecule has 2 atom stereocenters. The van der Waals surface area contributed by atoms with Crippen LogP contribution in [0.25, 0.3) is 10.8 Å². The maximum absolute atomic E-state index is 6.02. The van der Waals surface area contributed by atoms with Gasteiger partial charge in [0.2, 0.25) is 0 Å². The summed E-state index contributed by atoms with van der Waals surface area (Å²) >= 11 is 2.00. The van der Waals surface area contributed by atoms with Gasteiger partial charge in [-0.1, -0.05) is 43.3 Å². The Morgan fingerprint density at radius 1 is 1.24 bits per heavy atom. The SMILES string of the molecule is CCCNC(c1ccc2ccccc2c1)C1CSCCO1. The normalized spacial score (nSPS) is 20.5. The van der Waals surface area contributed by atoms with Crippen LogP contribution in [-0.2, 0) is 4.74 Å². The molecular weight excluding hydrogens is 278 g/mol. The topological polar surface area (TPSA) is 21.3 Å². The summed E-state index contributed by atoms with van der Waals surface area (Å²) in [6.45, 7) is 4.11. The zero-order valence-electron chi connectivity index (χ0n) is 12.5. The third kappa shape index (κ3) is 3.60. The monoisotopic (exact) mass is 301 g/mol. The summed E-state index contributed by atoms with van der Waals surface area (Å²) < 4.78 is 6.02. The highest BCUT2D eigenvalue weighted by Gasteiger charge is 2.25. The van der Waals surface area contributed by atoms with E-state index >= 15 is 0 Å². The summed E-state index contributed by atoms with van der Waals surface area (Å²) in [5.74, 6) is 2.20. The predicted octanol–water partition coefficient (Wildman–Crippen LogP) is 4.01. The summed E-state index contributed by atoms with van der Waals surface area (Å²) in [4.78, 5) is 0. The molecule has 0 saturated carbocycles. The minimum Gasteiger partial charge on any atom is -0.375 e. The molecule has 1 heterocycles. The van der Waals surface area contributed by atoms with Gasteiger partial charge >= 0.3 is 0 Å². The van der Waals surface area contributed by atoms with E-state index in [0.29, 0.717) is 6.04 Å². The smallest absolute Gasteiger partial charge is 0.0860 e. The molecule has 1 fully saturated rings. The highest BCUT2D eigenvalue weighted by molar-refractivity contribution is 7.99. The second-order valence-corrected chi connectivity index (χ2v) is 6.67. The lowest BCUT2D eigenvalue weighted by Crippen LogP contribution is -2.38. The van der Waals surface area contributed by atoms with E-state index in [-0.39, 0.29) is 6.10 Å². The number of fused-ring (bicyclic) bond motifs is 1. The Bertz CT molecular complexity index is 580. The van der Waals surface area contributed by atoms with Crippen LogP contribution in [0.1, 0.15) is 24.9 Å². The number of rotatable bonds is 5. The molecule has 2 aromatic rings. The maximum atomic E-state index is 6.02. The summed E-state index contributed by atoms with van der Waals surface area (Å²) in [6, 6.07) is 15.6. The molecule has 0 bridgehead atoms. The van der Waals surface area contributed by atoms with Crippen molar-refractivity contribution in [3.8, 4) is 0 Å². The number of hydrogen-bond acceptors (Lipinski definition) is 3. The zero-order chi connectivity index (χ0) is 14.5. The molecule has 0 amide bonds. The van der Waals surface area contributed by atoms with Crippen molar-refractivity contribution in [3.05, 3.63) is 48.0 Å². The molecule has 1 saturated heterocycles. The molecule has 0 aliphatic carbocycles. The van der Waals surface area contributed by atoms with Crippen molar-refractivity contribution >= 4 is 22.5 Å². The number of thioether (sulfide) groups is 1. The molecule has 2 nitrogen and oxygen atoms in total. The Balaban J connectivity index is 1.88. The fraction of sp³-hybridized carbons (Fsp3) is 0.444. The van der Waals surface area contributed by atoms with E-state index in [2.05, 4.69) is 54.7 Å². The molecule has 1 N–H and O–H groups in total. The van der Waals surface area contributed by atoms with E-state index in [9.17, 15) is 0 Å². The lowest BCUT2D eigenvalue weighted by Gasteiger charge is -2.31. The first-order chi connectivity index (χ1) is 10.4. The van der Waals surface area contributed by atoms with Crippen molar-refractivity contribution in [1.29, 1.82) is 0 Å². The van der Waals surface area contributed by atoms with Gasteiger partial charge in [0.05, 0.1) is 18.8 Å². The van der Waals surface area contributed by atoms with Gasteiger partial charge in [-0.15, -0.1) is 0 Å². The van der Waals surface area contributed by atoms with Crippen LogP contribution in [0, 0.1) is 0 Å². The first-order valence-electron chi connectivity index (χ1n) is 7.80. The quantitative estimate of drug-likeness (QED) is 0.901. The molecule has 1 aliphatic heterocycles. The molecule has 3 heteroatoms. The van der Waals surface area contributed by atoms with Crippen LogP contribution in [0.15, 0.2) is 42.5 Å². The molecule has 0 aromatic heterocycles. The number of ether oxygens (including phenoxy) is 1. The van der Waals surface area contributed by atoms with Crippen LogP contribution in [0.5, 0.6) is 0 Å². The van der Waals surface area contributed by atoms with Crippen molar-refractivity contribution in [1.82, 2.24) is 5.32 Å². The summed E-state index contributed by atoms with van der Waals surface area (Å²) in [6.07, 6.45) is 1.42. The van der Waals surface area contributed by atoms with Crippen LogP contribution in [-0.4, -0.2) is 30.8 Å². The first-order valence-corrected chi connectivity index (χ1v) is 8.95. The Labute approximate surface area is 131 Å². The number of hydrogen-bond donors (Lipinski definition) is 1. The van der Waals surface area contributed by atoms with Crippen LogP contribution < -0.4 is 5.32 Å². The average molecular weight is 301 g/mol. The number of nitrogens with one attached hydrogen (secondary N) is 1. The highest BCUT2D eigenvalue weighted by Crippen LogP contribution is 2.28. The van der Waals surface area contributed by atoms with Crippen molar-refractivity contribution in [2.24, 2.45) is 0 Å². The van der Waals surface area contributed by atoms with Gasteiger partial charge in [-0.3, -0.25) is 0 Å². The molecular formula is C18H23NOS. The van der Waals surface area contributed by atoms with E-state index in [1.807, 2.05) is 11.8 Å². The second kappa shape index (κ2) is 7.30. The van der Waals surface area contributed by atoms with Crippen molar-refractivity contribution < 1.29 is 4.74 Å². The Kier molecular flexibility index (Phi) is 5.17. The molecule has 21 heavy (non-hydrogen) atoms. The third-order valence-electron chi connectivity index (χ3n) is 3.96. The molecule has 0 radical (unpaired) electrons. The maximum Gasteiger partial charge on any atom is 0.0860 e. The van der Waals surface area contributed by atoms with Crippen molar-refractivity contribution in [2.45, 2.75) is 25.5 Å². The number of benzene rings is 2. The van der Waals surface area contributed by atoms with E-state index in [0.717, 1.165) is 31.1 Å². The predicted molar refractivity (Wildman–Crippen MR) is 92.0 cm³/mol. The average Bonchev–Trinajstić information content (AvgIpc) is 2.56. The Morgan fingerprint density at radius 3 is 2.86 bits per heavy atom. The van der Waals surface area contributed by atoms with Gasteiger partial charge in [0.1, 0.15) is 0 Å². The zero-order valence-corrected chi connectivity index (χ0v) is 13.4. The van der Waals surface area contributed by atoms with Crippen molar-refractivity contribution in [2.75, 3.05) is 24.7 Å². The summed E-state index contributed by atoms with van der Waals surface area (Å²) in [5, 5.41) is 6.29. The summed E-state index contributed by atoms with van der Waals surface area (Å²) in [5.41, 5.74) is 1.34. The molecule has 112 valence electrons. The Hall–Kier alpha value is -1.03. The molecule has 0 spiro atoms. The van der Waals surface area contributed by atoms with Gasteiger partial charge < -0.3 is 10.1 Å². The van der Waals surface area contributed by atoms with Crippen LogP contribution in [0.3, 0.4) is 0 Å². The largest absolute Gasteiger partial charge is 0.375 e. The van der Waals surface area contributed by atoms with Crippen LogP contribution in [0.2, 0.25) is 0 Å². The lowest BCUT2D eigenvalue weighted by molar-refractivity contribution is 0.0468. The molecule has 3 rings (SSSR count).